The fourth-order valence-corrected chi connectivity index (χ4v) is 3.35. The van der Waals surface area contributed by atoms with E-state index >= 15 is 0 Å². The fourth-order valence-electron chi connectivity index (χ4n) is 3.24. The van der Waals surface area contributed by atoms with Crippen LogP contribution < -0.4 is 10.2 Å². The summed E-state index contributed by atoms with van der Waals surface area (Å²) in [6, 6.07) is 4.09. The number of aromatic nitrogens is 1. The van der Waals surface area contributed by atoms with Gasteiger partial charge in [-0.05, 0) is 38.3 Å². The summed E-state index contributed by atoms with van der Waals surface area (Å²) in [5, 5.41) is 3.85. The van der Waals surface area contributed by atoms with Crippen LogP contribution >= 0.6 is 11.6 Å². The normalized spacial score (nSPS) is 16.9. The van der Waals surface area contributed by atoms with Crippen molar-refractivity contribution in [1.82, 2.24) is 10.3 Å². The summed E-state index contributed by atoms with van der Waals surface area (Å²) in [7, 11) is 0. The highest BCUT2D eigenvalue weighted by Crippen LogP contribution is 2.23. The van der Waals surface area contributed by atoms with Crippen LogP contribution in [0, 0.1) is 5.92 Å². The largest absolute Gasteiger partial charge is 0.357 e. The maximum Gasteiger partial charge on any atom is 0.223 e. The van der Waals surface area contributed by atoms with Crippen molar-refractivity contribution in [2.45, 2.75) is 64.8 Å². The number of rotatable bonds is 8. The molecule has 134 valence electrons. The number of carbonyl (C=O) groups is 1. The molecule has 0 radical (unpaired) electrons. The summed E-state index contributed by atoms with van der Waals surface area (Å²) in [5.74, 6) is 1.30. The molecule has 1 aliphatic rings. The second-order valence-corrected chi connectivity index (χ2v) is 7.29. The fraction of sp³-hybridized carbons (Fsp3) is 0.684. The Hall–Kier alpha value is -1.29. The number of hydrogen-bond donors (Lipinski definition) is 1. The molecule has 5 heteroatoms. The van der Waals surface area contributed by atoms with Crippen molar-refractivity contribution in [3.63, 3.8) is 0 Å². The lowest BCUT2D eigenvalue weighted by atomic mass is 9.95. The molecule has 1 fully saturated rings. The van der Waals surface area contributed by atoms with E-state index in [2.05, 4.69) is 29.0 Å². The van der Waals surface area contributed by atoms with E-state index in [1.54, 1.807) is 6.20 Å². The Labute approximate surface area is 151 Å². The topological polar surface area (TPSA) is 45.2 Å². The number of amides is 1. The second-order valence-electron chi connectivity index (χ2n) is 6.85. The monoisotopic (exact) mass is 351 g/mol. The molecule has 1 aliphatic heterocycles. The van der Waals surface area contributed by atoms with Gasteiger partial charge in [-0.2, -0.15) is 0 Å². The van der Waals surface area contributed by atoms with Gasteiger partial charge in [0.1, 0.15) is 5.82 Å². The van der Waals surface area contributed by atoms with Crippen LogP contribution in [0.5, 0.6) is 0 Å². The molecule has 1 N–H and O–H groups in total. The molecular weight excluding hydrogens is 322 g/mol. The Kier molecular flexibility index (Phi) is 7.83. The highest BCUT2D eigenvalue weighted by molar-refractivity contribution is 6.30. The van der Waals surface area contributed by atoms with Crippen LogP contribution in [0.2, 0.25) is 5.02 Å². The average Bonchev–Trinajstić information content (AvgIpc) is 2.59. The lowest BCUT2D eigenvalue weighted by Crippen LogP contribution is -2.43. The first-order valence-corrected chi connectivity index (χ1v) is 9.64. The number of unbranched alkanes of at least 4 members (excludes halogenated alkanes) is 3. The molecule has 0 saturated carbocycles. The summed E-state index contributed by atoms with van der Waals surface area (Å²) in [4.78, 5) is 19.0. The maximum absolute atomic E-state index is 12.4. The molecule has 1 aromatic heterocycles. The van der Waals surface area contributed by atoms with Gasteiger partial charge in [-0.1, -0.05) is 44.2 Å². The molecule has 0 aliphatic carbocycles. The molecule has 1 saturated heterocycles. The smallest absolute Gasteiger partial charge is 0.223 e. The predicted octanol–water partition coefficient (Wildman–Crippen LogP) is 4.43. The minimum atomic E-state index is 0.131. The van der Waals surface area contributed by atoms with Crippen molar-refractivity contribution in [2.75, 3.05) is 18.0 Å². The first-order valence-electron chi connectivity index (χ1n) is 9.27. The molecule has 2 heterocycles. The quantitative estimate of drug-likeness (QED) is 0.705. The average molecular weight is 352 g/mol. The van der Waals surface area contributed by atoms with Crippen LogP contribution in [0.3, 0.4) is 0 Å². The molecule has 1 atom stereocenters. The van der Waals surface area contributed by atoms with Crippen LogP contribution in [0.15, 0.2) is 18.3 Å². The maximum atomic E-state index is 12.4. The molecule has 1 amide bonds. The second kappa shape index (κ2) is 9.87. The summed E-state index contributed by atoms with van der Waals surface area (Å²) < 4.78 is 0. The Morgan fingerprint density at radius 1 is 1.33 bits per heavy atom. The van der Waals surface area contributed by atoms with Gasteiger partial charge in [0.2, 0.25) is 5.91 Å². The summed E-state index contributed by atoms with van der Waals surface area (Å²) in [6.07, 6.45) is 9.55. The van der Waals surface area contributed by atoms with Crippen molar-refractivity contribution in [3.05, 3.63) is 23.4 Å². The van der Waals surface area contributed by atoms with Gasteiger partial charge in [-0.3, -0.25) is 4.79 Å². The van der Waals surface area contributed by atoms with E-state index in [0.29, 0.717) is 5.02 Å². The predicted molar refractivity (Wildman–Crippen MR) is 101 cm³/mol. The molecule has 0 bridgehead atoms. The van der Waals surface area contributed by atoms with Gasteiger partial charge in [-0.25, -0.2) is 4.98 Å². The number of nitrogens with one attached hydrogen (secondary N) is 1. The minimum Gasteiger partial charge on any atom is -0.357 e. The van der Waals surface area contributed by atoms with Crippen LogP contribution in [-0.4, -0.2) is 30.0 Å². The van der Waals surface area contributed by atoms with Gasteiger partial charge in [-0.15, -0.1) is 0 Å². The Morgan fingerprint density at radius 2 is 2.08 bits per heavy atom. The van der Waals surface area contributed by atoms with Crippen LogP contribution in [-0.2, 0) is 4.79 Å². The number of anilines is 1. The number of carbonyl (C=O) groups excluding carboxylic acids is 1. The van der Waals surface area contributed by atoms with E-state index < -0.39 is 0 Å². The molecule has 24 heavy (non-hydrogen) atoms. The Balaban J connectivity index is 1.71. The van der Waals surface area contributed by atoms with Gasteiger partial charge < -0.3 is 10.2 Å². The SMILES string of the molecule is CCCCCCC(C)NC(=O)C1CCN(c2ccc(Cl)cn2)CC1. The van der Waals surface area contributed by atoms with Gasteiger partial charge in [0.15, 0.2) is 0 Å². The zero-order valence-electron chi connectivity index (χ0n) is 14.9. The van der Waals surface area contributed by atoms with Crippen molar-refractivity contribution >= 4 is 23.3 Å². The van der Waals surface area contributed by atoms with Crippen molar-refractivity contribution < 1.29 is 4.79 Å². The number of hydrogen-bond acceptors (Lipinski definition) is 3. The van der Waals surface area contributed by atoms with Gasteiger partial charge in [0.05, 0.1) is 5.02 Å². The number of piperidine rings is 1. The highest BCUT2D eigenvalue weighted by Gasteiger charge is 2.26. The van der Waals surface area contributed by atoms with Crippen molar-refractivity contribution in [2.24, 2.45) is 5.92 Å². The van der Waals surface area contributed by atoms with E-state index in [4.69, 9.17) is 11.6 Å². The van der Waals surface area contributed by atoms with E-state index in [1.165, 1.54) is 25.7 Å². The summed E-state index contributed by atoms with van der Waals surface area (Å²) in [5.41, 5.74) is 0. The van der Waals surface area contributed by atoms with Crippen molar-refractivity contribution in [1.29, 1.82) is 0 Å². The Bertz CT molecular complexity index is 498. The third-order valence-corrected chi connectivity index (χ3v) is 5.00. The lowest BCUT2D eigenvalue weighted by Gasteiger charge is -2.32. The third-order valence-electron chi connectivity index (χ3n) is 4.78. The van der Waals surface area contributed by atoms with Crippen LogP contribution in [0.25, 0.3) is 0 Å². The van der Waals surface area contributed by atoms with Gasteiger partial charge in [0, 0.05) is 31.2 Å². The van der Waals surface area contributed by atoms with Gasteiger partial charge in [0.25, 0.3) is 0 Å². The number of halogens is 1. The van der Waals surface area contributed by atoms with Crippen molar-refractivity contribution in [3.8, 4) is 0 Å². The standard InChI is InChI=1S/C19H30ClN3O/c1-3-4-5-6-7-15(2)22-19(24)16-10-12-23(13-11-16)18-9-8-17(20)14-21-18/h8-9,14-16H,3-7,10-13H2,1-2H3,(H,22,24). The van der Waals surface area contributed by atoms with Crippen LogP contribution in [0.4, 0.5) is 5.82 Å². The highest BCUT2D eigenvalue weighted by atomic mass is 35.5. The zero-order valence-corrected chi connectivity index (χ0v) is 15.7. The van der Waals surface area contributed by atoms with E-state index in [-0.39, 0.29) is 17.9 Å². The Morgan fingerprint density at radius 3 is 2.71 bits per heavy atom. The van der Waals surface area contributed by atoms with E-state index in [1.807, 2.05) is 12.1 Å². The molecule has 0 aromatic carbocycles. The third kappa shape index (κ3) is 5.97. The summed E-state index contributed by atoms with van der Waals surface area (Å²) >= 11 is 5.88. The molecule has 2 rings (SSSR count). The first-order chi connectivity index (χ1) is 11.6. The zero-order chi connectivity index (χ0) is 17.4. The number of pyridine rings is 1. The lowest BCUT2D eigenvalue weighted by molar-refractivity contribution is -0.126. The minimum absolute atomic E-state index is 0.131. The van der Waals surface area contributed by atoms with E-state index in [0.717, 1.165) is 38.2 Å². The number of nitrogens with zero attached hydrogens (tertiary/aromatic N) is 2. The molecular formula is C19H30ClN3O. The van der Waals surface area contributed by atoms with Gasteiger partial charge >= 0.3 is 0 Å². The first kappa shape index (κ1) is 19.0. The molecule has 1 aromatic rings. The van der Waals surface area contributed by atoms with E-state index in [9.17, 15) is 4.79 Å². The molecule has 4 nitrogen and oxygen atoms in total. The van der Waals surface area contributed by atoms with Crippen LogP contribution in [0.1, 0.15) is 58.8 Å². The molecule has 1 unspecified atom stereocenters. The summed E-state index contributed by atoms with van der Waals surface area (Å²) in [6.45, 7) is 6.09. The molecule has 0 spiro atoms.